The lowest BCUT2D eigenvalue weighted by atomic mass is 9.92. The molecule has 0 bridgehead atoms. The van der Waals surface area contributed by atoms with Crippen molar-refractivity contribution in [2.75, 3.05) is 0 Å². The van der Waals surface area contributed by atoms with Gasteiger partial charge >= 0.3 is 0 Å². The zero-order chi connectivity index (χ0) is 28.0. The van der Waals surface area contributed by atoms with E-state index < -0.39 is 0 Å². The predicted molar refractivity (Wildman–Crippen MR) is 170 cm³/mol. The zero-order valence-corrected chi connectivity index (χ0v) is 22.9. The van der Waals surface area contributed by atoms with Gasteiger partial charge in [-0.15, -0.1) is 0 Å². The predicted octanol–water partition coefficient (Wildman–Crippen LogP) is 9.95. The molecule has 0 amide bonds. The lowest BCUT2D eigenvalue weighted by Gasteiger charge is -2.12. The van der Waals surface area contributed by atoms with Crippen molar-refractivity contribution in [3.63, 3.8) is 0 Å². The molecule has 0 aliphatic rings. The SMILES string of the molecule is C=C(Cc1c2ccccc2cc2nc(-c3ccccc3)oc12)Cc1c2ccccc2cc2nc(-c3ccccc3)oc12. The second kappa shape index (κ2) is 9.86. The van der Waals surface area contributed by atoms with Crippen molar-refractivity contribution in [3.8, 4) is 22.9 Å². The topological polar surface area (TPSA) is 52.1 Å². The van der Waals surface area contributed by atoms with Gasteiger partial charge in [-0.1, -0.05) is 97.1 Å². The Morgan fingerprint density at radius 1 is 0.524 bits per heavy atom. The second-order valence-electron chi connectivity index (χ2n) is 10.7. The van der Waals surface area contributed by atoms with Gasteiger partial charge in [-0.25, -0.2) is 9.97 Å². The van der Waals surface area contributed by atoms with Crippen LogP contribution in [0.3, 0.4) is 0 Å². The fourth-order valence-electron chi connectivity index (χ4n) is 5.95. The molecule has 4 nitrogen and oxygen atoms in total. The zero-order valence-electron chi connectivity index (χ0n) is 22.9. The number of oxazole rings is 2. The highest BCUT2D eigenvalue weighted by atomic mass is 16.4. The van der Waals surface area contributed by atoms with Gasteiger partial charge in [0.1, 0.15) is 11.0 Å². The lowest BCUT2D eigenvalue weighted by molar-refractivity contribution is 0.615. The number of nitrogens with zero attached hydrogens (tertiary/aromatic N) is 2. The molecule has 0 unspecified atom stereocenters. The minimum absolute atomic E-state index is 0.624. The number of aromatic nitrogens is 2. The summed E-state index contributed by atoms with van der Waals surface area (Å²) in [7, 11) is 0. The van der Waals surface area contributed by atoms with E-state index in [9.17, 15) is 0 Å². The molecule has 4 heteroatoms. The Hall–Kier alpha value is -5.48. The summed E-state index contributed by atoms with van der Waals surface area (Å²) in [5.74, 6) is 1.25. The molecular weight excluding hydrogens is 516 g/mol. The fraction of sp³-hybridized carbons (Fsp3) is 0.0526. The van der Waals surface area contributed by atoms with Crippen LogP contribution in [0.2, 0.25) is 0 Å². The summed E-state index contributed by atoms with van der Waals surface area (Å²) < 4.78 is 12.9. The van der Waals surface area contributed by atoms with Crippen molar-refractivity contribution >= 4 is 43.7 Å². The molecule has 0 saturated heterocycles. The van der Waals surface area contributed by atoms with Gasteiger partial charge in [0, 0.05) is 22.3 Å². The quantitative estimate of drug-likeness (QED) is 0.196. The summed E-state index contributed by atoms with van der Waals surface area (Å²) in [5, 5.41) is 4.57. The van der Waals surface area contributed by atoms with Crippen molar-refractivity contribution in [2.45, 2.75) is 12.8 Å². The highest BCUT2D eigenvalue weighted by molar-refractivity contribution is 6.01. The molecule has 8 aromatic rings. The number of benzene rings is 6. The first-order valence-corrected chi connectivity index (χ1v) is 14.1. The number of rotatable bonds is 6. The van der Waals surface area contributed by atoms with Crippen molar-refractivity contribution in [1.29, 1.82) is 0 Å². The molecule has 0 saturated carbocycles. The second-order valence-corrected chi connectivity index (χ2v) is 10.7. The minimum Gasteiger partial charge on any atom is -0.436 e. The Morgan fingerprint density at radius 3 is 1.38 bits per heavy atom. The molecule has 0 radical (unpaired) electrons. The summed E-state index contributed by atoms with van der Waals surface area (Å²) in [6.07, 6.45) is 1.29. The summed E-state index contributed by atoms with van der Waals surface area (Å²) in [6.45, 7) is 4.58. The summed E-state index contributed by atoms with van der Waals surface area (Å²) in [6, 6.07) is 41.2. The van der Waals surface area contributed by atoms with Crippen LogP contribution in [-0.4, -0.2) is 9.97 Å². The highest BCUT2D eigenvalue weighted by Gasteiger charge is 2.19. The Morgan fingerprint density at radius 2 is 0.929 bits per heavy atom. The third-order valence-corrected chi connectivity index (χ3v) is 7.91. The number of fused-ring (bicyclic) bond motifs is 4. The molecule has 0 N–H and O–H groups in total. The van der Waals surface area contributed by atoms with E-state index in [-0.39, 0.29) is 0 Å². The van der Waals surface area contributed by atoms with E-state index in [4.69, 9.17) is 18.8 Å². The van der Waals surface area contributed by atoms with Gasteiger partial charge in [0.25, 0.3) is 0 Å². The van der Waals surface area contributed by atoms with Crippen molar-refractivity contribution in [1.82, 2.24) is 9.97 Å². The van der Waals surface area contributed by atoms with Crippen LogP contribution in [0, 0.1) is 0 Å². The molecule has 0 spiro atoms. The van der Waals surface area contributed by atoms with Gasteiger partial charge in [-0.2, -0.15) is 0 Å². The van der Waals surface area contributed by atoms with Gasteiger partial charge in [0.15, 0.2) is 11.2 Å². The first-order valence-electron chi connectivity index (χ1n) is 14.1. The molecular formula is C38H26N2O2. The maximum atomic E-state index is 6.46. The van der Waals surface area contributed by atoms with Crippen LogP contribution in [0.4, 0.5) is 0 Å². The van der Waals surface area contributed by atoms with Crippen LogP contribution in [0.5, 0.6) is 0 Å². The smallest absolute Gasteiger partial charge is 0.227 e. The largest absolute Gasteiger partial charge is 0.436 e. The molecule has 6 aromatic carbocycles. The van der Waals surface area contributed by atoms with E-state index in [1.807, 2.05) is 60.7 Å². The first kappa shape index (κ1) is 24.3. The normalized spacial score (nSPS) is 11.6. The van der Waals surface area contributed by atoms with E-state index >= 15 is 0 Å². The maximum Gasteiger partial charge on any atom is 0.227 e. The van der Waals surface area contributed by atoms with Gasteiger partial charge in [0.2, 0.25) is 11.8 Å². The van der Waals surface area contributed by atoms with E-state index in [1.165, 1.54) is 0 Å². The van der Waals surface area contributed by atoms with E-state index in [0.29, 0.717) is 24.6 Å². The van der Waals surface area contributed by atoms with Gasteiger partial charge in [0.05, 0.1) is 0 Å². The molecule has 0 aliphatic heterocycles. The van der Waals surface area contributed by atoms with E-state index in [0.717, 1.165) is 71.6 Å². The molecule has 42 heavy (non-hydrogen) atoms. The van der Waals surface area contributed by atoms with Crippen molar-refractivity contribution in [3.05, 3.63) is 145 Å². The van der Waals surface area contributed by atoms with E-state index in [1.54, 1.807) is 0 Å². The summed E-state index contributed by atoms with van der Waals surface area (Å²) in [4.78, 5) is 9.76. The Balaban J connectivity index is 1.24. The molecule has 8 rings (SSSR count). The Bertz CT molecular complexity index is 2100. The molecule has 0 fully saturated rings. The number of hydrogen-bond donors (Lipinski definition) is 0. The molecule has 200 valence electrons. The summed E-state index contributed by atoms with van der Waals surface area (Å²) in [5.41, 5.74) is 8.49. The van der Waals surface area contributed by atoms with Gasteiger partial charge in [-0.3, -0.25) is 0 Å². The fourth-order valence-corrected chi connectivity index (χ4v) is 5.95. The van der Waals surface area contributed by atoms with Crippen LogP contribution in [-0.2, 0) is 12.8 Å². The average Bonchev–Trinajstić information content (AvgIpc) is 3.66. The Labute approximate surface area is 242 Å². The van der Waals surface area contributed by atoms with Crippen LogP contribution < -0.4 is 0 Å². The number of hydrogen-bond acceptors (Lipinski definition) is 4. The Kier molecular flexibility index (Phi) is 5.71. The van der Waals surface area contributed by atoms with Crippen LogP contribution in [0.15, 0.2) is 142 Å². The van der Waals surface area contributed by atoms with Gasteiger partial charge < -0.3 is 8.83 Å². The van der Waals surface area contributed by atoms with Crippen LogP contribution in [0.1, 0.15) is 11.1 Å². The molecule has 0 atom stereocenters. The highest BCUT2D eigenvalue weighted by Crippen LogP contribution is 2.36. The van der Waals surface area contributed by atoms with E-state index in [2.05, 4.69) is 67.2 Å². The monoisotopic (exact) mass is 542 g/mol. The number of allylic oxidation sites excluding steroid dienone is 1. The molecule has 2 aromatic heterocycles. The van der Waals surface area contributed by atoms with Gasteiger partial charge in [-0.05, 0) is 70.8 Å². The minimum atomic E-state index is 0.624. The van der Waals surface area contributed by atoms with Crippen LogP contribution >= 0.6 is 0 Å². The van der Waals surface area contributed by atoms with Crippen molar-refractivity contribution < 1.29 is 8.83 Å². The van der Waals surface area contributed by atoms with Crippen LogP contribution in [0.25, 0.3) is 66.7 Å². The lowest BCUT2D eigenvalue weighted by Crippen LogP contribution is -1.98. The van der Waals surface area contributed by atoms with Crippen molar-refractivity contribution in [2.24, 2.45) is 0 Å². The third-order valence-electron chi connectivity index (χ3n) is 7.91. The molecule has 0 aliphatic carbocycles. The maximum absolute atomic E-state index is 6.46. The molecule has 2 heterocycles. The third kappa shape index (κ3) is 4.16. The summed E-state index contributed by atoms with van der Waals surface area (Å²) >= 11 is 0. The average molecular weight is 543 g/mol. The standard InChI is InChI=1S/C38H26N2O2/c1-24(20-31-29-18-10-8-16-27(29)22-33-35(31)41-37(39-33)25-12-4-2-5-13-25)21-32-30-19-11-9-17-28(30)23-34-36(32)42-38(40-34)26-14-6-3-7-15-26/h2-19,22-23H,1,20-21H2. The first-order chi connectivity index (χ1) is 20.7.